The van der Waals surface area contributed by atoms with Crippen LogP contribution >= 0.6 is 0 Å². The zero-order valence-electron chi connectivity index (χ0n) is 13.6. The summed E-state index contributed by atoms with van der Waals surface area (Å²) in [5, 5.41) is 10.1. The van der Waals surface area contributed by atoms with Crippen LogP contribution in [0.4, 0.5) is 0 Å². The molecule has 0 aromatic heterocycles. The third-order valence-electron chi connectivity index (χ3n) is 3.99. The Labute approximate surface area is 124 Å². The first-order valence-corrected chi connectivity index (χ1v) is 10.1. The van der Waals surface area contributed by atoms with Crippen LogP contribution in [-0.2, 0) is 4.43 Å². The molecule has 0 fully saturated rings. The number of rotatable bonds is 5. The van der Waals surface area contributed by atoms with Crippen molar-refractivity contribution in [2.24, 2.45) is 0 Å². The van der Waals surface area contributed by atoms with Crippen molar-refractivity contribution in [2.45, 2.75) is 58.0 Å². The summed E-state index contributed by atoms with van der Waals surface area (Å²) in [7, 11) is -1.88. The minimum absolute atomic E-state index is 0.140. The second kappa shape index (κ2) is 6.70. The highest BCUT2D eigenvalue weighted by atomic mass is 28.4. The number of hydrogen-bond acceptors (Lipinski definition) is 2. The van der Waals surface area contributed by atoms with Gasteiger partial charge in [0.15, 0.2) is 8.32 Å². The normalized spacial score (nSPS) is 16.4. The molecule has 0 bridgehead atoms. The van der Waals surface area contributed by atoms with Gasteiger partial charge in [-0.25, -0.2) is 0 Å². The summed E-state index contributed by atoms with van der Waals surface area (Å²) in [6.07, 6.45) is 3.23. The Kier molecular flexibility index (Phi) is 5.75. The third-order valence-corrected chi connectivity index (χ3v) is 8.46. The molecule has 20 heavy (non-hydrogen) atoms. The lowest BCUT2D eigenvalue weighted by molar-refractivity contribution is 0.0690. The molecule has 3 heteroatoms. The molecular weight excluding hydrogens is 264 g/mol. The van der Waals surface area contributed by atoms with Gasteiger partial charge in [-0.3, -0.25) is 0 Å². The van der Waals surface area contributed by atoms with E-state index in [4.69, 9.17) is 4.43 Å². The fraction of sp³-hybridized carbons (Fsp3) is 0.529. The molecule has 0 aliphatic rings. The third kappa shape index (κ3) is 4.89. The van der Waals surface area contributed by atoms with Gasteiger partial charge in [-0.1, -0.05) is 63.3 Å². The monoisotopic (exact) mass is 292 g/mol. The van der Waals surface area contributed by atoms with Gasteiger partial charge in [0.1, 0.15) is 0 Å². The van der Waals surface area contributed by atoms with E-state index in [1.807, 2.05) is 42.5 Å². The molecule has 2 atom stereocenters. The molecule has 0 saturated heterocycles. The maximum absolute atomic E-state index is 9.97. The average molecular weight is 292 g/mol. The van der Waals surface area contributed by atoms with Crippen LogP contribution in [0.1, 0.15) is 33.3 Å². The van der Waals surface area contributed by atoms with Crippen molar-refractivity contribution in [3.63, 3.8) is 0 Å². The molecular formula is C17H28O2Si. The van der Waals surface area contributed by atoms with Gasteiger partial charge >= 0.3 is 0 Å². The van der Waals surface area contributed by atoms with E-state index in [2.05, 4.69) is 33.9 Å². The maximum Gasteiger partial charge on any atom is 0.193 e. The summed E-state index contributed by atoms with van der Waals surface area (Å²) < 4.78 is 6.29. The van der Waals surface area contributed by atoms with Crippen LogP contribution < -0.4 is 0 Å². The Balaban J connectivity index is 2.84. The summed E-state index contributed by atoms with van der Waals surface area (Å²) in [5.41, 5.74) is 1.12. The van der Waals surface area contributed by atoms with Gasteiger partial charge in [-0.2, -0.15) is 0 Å². The molecule has 1 N–H and O–H groups in total. The molecule has 2 nitrogen and oxygen atoms in total. The van der Waals surface area contributed by atoms with Crippen molar-refractivity contribution in [3.05, 3.63) is 42.0 Å². The molecule has 0 heterocycles. The van der Waals surface area contributed by atoms with Crippen LogP contribution in [0.15, 0.2) is 36.4 Å². The summed E-state index contributed by atoms with van der Waals surface area (Å²) in [6, 6.07) is 10.1. The highest BCUT2D eigenvalue weighted by Crippen LogP contribution is 2.37. The zero-order chi connectivity index (χ0) is 15.4. The molecule has 1 rings (SSSR count). The van der Waals surface area contributed by atoms with E-state index < -0.39 is 14.4 Å². The van der Waals surface area contributed by atoms with E-state index in [1.165, 1.54) is 0 Å². The Hall–Kier alpha value is -0.903. The molecule has 1 aromatic carbocycles. The second-order valence-corrected chi connectivity index (χ2v) is 11.6. The Morgan fingerprint density at radius 1 is 1.15 bits per heavy atom. The molecule has 0 unspecified atom stereocenters. The van der Waals surface area contributed by atoms with Crippen molar-refractivity contribution < 1.29 is 9.53 Å². The lowest BCUT2D eigenvalue weighted by atomic mass is 10.1. The lowest BCUT2D eigenvalue weighted by Gasteiger charge is -2.39. The van der Waals surface area contributed by atoms with E-state index in [9.17, 15) is 5.11 Å². The van der Waals surface area contributed by atoms with E-state index in [1.54, 1.807) is 6.92 Å². The quantitative estimate of drug-likeness (QED) is 0.811. The highest BCUT2D eigenvalue weighted by molar-refractivity contribution is 6.74. The number of hydrogen-bond donors (Lipinski definition) is 1. The second-order valence-electron chi connectivity index (χ2n) is 6.85. The zero-order valence-corrected chi connectivity index (χ0v) is 14.6. The summed E-state index contributed by atoms with van der Waals surface area (Å²) in [6.45, 7) is 12.8. The van der Waals surface area contributed by atoms with E-state index in [0.29, 0.717) is 0 Å². The van der Waals surface area contributed by atoms with Crippen LogP contribution in [0.3, 0.4) is 0 Å². The van der Waals surface area contributed by atoms with Gasteiger partial charge in [0.25, 0.3) is 0 Å². The van der Waals surface area contributed by atoms with Crippen LogP contribution in [0.2, 0.25) is 18.1 Å². The van der Waals surface area contributed by atoms with Crippen LogP contribution in [-0.4, -0.2) is 25.6 Å². The van der Waals surface area contributed by atoms with E-state index >= 15 is 0 Å². The molecule has 1 aromatic rings. The molecule has 0 radical (unpaired) electrons. The van der Waals surface area contributed by atoms with Gasteiger partial charge in [0, 0.05) is 0 Å². The fourth-order valence-electron chi connectivity index (χ4n) is 1.59. The van der Waals surface area contributed by atoms with Gasteiger partial charge in [0.05, 0.1) is 12.2 Å². The van der Waals surface area contributed by atoms with E-state index in [-0.39, 0.29) is 11.1 Å². The first-order chi connectivity index (χ1) is 9.13. The van der Waals surface area contributed by atoms with Gasteiger partial charge in [0.2, 0.25) is 0 Å². The van der Waals surface area contributed by atoms with Crippen LogP contribution in [0, 0.1) is 0 Å². The largest absolute Gasteiger partial charge is 0.408 e. The molecule has 0 saturated carbocycles. The predicted molar refractivity (Wildman–Crippen MR) is 89.2 cm³/mol. The highest BCUT2D eigenvalue weighted by Gasteiger charge is 2.39. The van der Waals surface area contributed by atoms with Crippen LogP contribution in [0.25, 0.3) is 6.08 Å². The van der Waals surface area contributed by atoms with Crippen molar-refractivity contribution in [1.29, 1.82) is 0 Å². The Morgan fingerprint density at radius 3 is 2.15 bits per heavy atom. The maximum atomic E-state index is 9.97. The molecule has 0 aliphatic carbocycles. The average Bonchev–Trinajstić information content (AvgIpc) is 2.34. The molecule has 0 amide bonds. The fourth-order valence-corrected chi connectivity index (χ4v) is 2.90. The molecule has 0 spiro atoms. The van der Waals surface area contributed by atoms with E-state index in [0.717, 1.165) is 5.56 Å². The van der Waals surface area contributed by atoms with Crippen molar-refractivity contribution in [3.8, 4) is 0 Å². The minimum Gasteiger partial charge on any atom is -0.408 e. The standard InChI is InChI=1S/C17H28O2Si/c1-14(18)16(19-20(5,6)17(2,3)4)13-12-15-10-8-7-9-11-15/h7-14,16,18H,1-6H3/t14-,16-/m0/s1. The van der Waals surface area contributed by atoms with Crippen molar-refractivity contribution in [2.75, 3.05) is 0 Å². The first kappa shape index (κ1) is 17.1. The topological polar surface area (TPSA) is 29.5 Å². The predicted octanol–water partition coefficient (Wildman–Crippen LogP) is 4.47. The van der Waals surface area contributed by atoms with Gasteiger partial charge in [-0.05, 0) is 30.6 Å². The number of benzene rings is 1. The SMILES string of the molecule is C[C@H](O)[C@H](C=Cc1ccccc1)O[Si](C)(C)C(C)(C)C. The first-order valence-electron chi connectivity index (χ1n) is 7.22. The van der Waals surface area contributed by atoms with Gasteiger partial charge < -0.3 is 9.53 Å². The Bertz CT molecular complexity index is 430. The van der Waals surface area contributed by atoms with Gasteiger partial charge in [-0.15, -0.1) is 0 Å². The smallest absolute Gasteiger partial charge is 0.193 e. The summed E-state index contributed by atoms with van der Waals surface area (Å²) in [4.78, 5) is 0. The van der Waals surface area contributed by atoms with Crippen molar-refractivity contribution >= 4 is 14.4 Å². The Morgan fingerprint density at radius 2 is 1.70 bits per heavy atom. The molecule has 112 valence electrons. The lowest BCUT2D eigenvalue weighted by Crippen LogP contribution is -2.46. The molecule has 0 aliphatic heterocycles. The summed E-state index contributed by atoms with van der Waals surface area (Å²) in [5.74, 6) is 0. The van der Waals surface area contributed by atoms with Crippen LogP contribution in [0.5, 0.6) is 0 Å². The minimum atomic E-state index is -1.88. The summed E-state index contributed by atoms with van der Waals surface area (Å²) >= 11 is 0. The number of aliphatic hydroxyl groups excluding tert-OH is 1. The number of aliphatic hydroxyl groups is 1. The van der Waals surface area contributed by atoms with Crippen molar-refractivity contribution in [1.82, 2.24) is 0 Å².